The summed E-state index contributed by atoms with van der Waals surface area (Å²) in [6, 6.07) is 0. The van der Waals surface area contributed by atoms with Gasteiger partial charge >= 0.3 is 5.69 Å². The number of nitrogens with zero attached hydrogens (tertiary/aromatic N) is 4. The van der Waals surface area contributed by atoms with Crippen LogP contribution in [0.3, 0.4) is 0 Å². The maximum atomic E-state index is 10.4. The van der Waals surface area contributed by atoms with E-state index in [0.717, 1.165) is 0 Å². The number of aliphatic imine (C=N–C) groups is 1. The van der Waals surface area contributed by atoms with Crippen LogP contribution in [-0.4, -0.2) is 33.8 Å². The highest BCUT2D eigenvalue weighted by Crippen LogP contribution is 2.07. The summed E-state index contributed by atoms with van der Waals surface area (Å²) in [7, 11) is 0. The summed E-state index contributed by atoms with van der Waals surface area (Å²) in [5.74, 6) is 0.312. The molecule has 1 heterocycles. The number of hydrogen-bond donors (Lipinski definition) is 2. The molecule has 0 saturated carbocycles. The maximum Gasteiger partial charge on any atom is 0.306 e. The van der Waals surface area contributed by atoms with Crippen molar-refractivity contribution in [1.29, 1.82) is 0 Å². The molecule has 0 spiro atoms. The van der Waals surface area contributed by atoms with E-state index in [2.05, 4.69) is 22.0 Å². The molecular formula is C9H15IN6O2. The third-order valence-corrected chi connectivity index (χ3v) is 1.87. The van der Waals surface area contributed by atoms with Gasteiger partial charge in [0.05, 0.1) is 18.0 Å². The first-order valence-corrected chi connectivity index (χ1v) is 4.95. The van der Waals surface area contributed by atoms with E-state index < -0.39 is 4.92 Å². The Bertz CT molecular complexity index is 430. The second-order valence-electron chi connectivity index (χ2n) is 3.16. The Morgan fingerprint density at radius 3 is 3.06 bits per heavy atom. The normalized spacial score (nSPS) is 10.6. The molecule has 8 nitrogen and oxygen atoms in total. The second-order valence-corrected chi connectivity index (χ2v) is 3.16. The Labute approximate surface area is 121 Å². The maximum absolute atomic E-state index is 10.4. The molecule has 18 heavy (non-hydrogen) atoms. The van der Waals surface area contributed by atoms with Crippen LogP contribution in [-0.2, 0) is 6.54 Å². The number of rotatable bonds is 6. The Morgan fingerprint density at radius 1 is 1.78 bits per heavy atom. The van der Waals surface area contributed by atoms with Crippen molar-refractivity contribution in [3.05, 3.63) is 35.2 Å². The molecule has 0 saturated heterocycles. The fourth-order valence-electron chi connectivity index (χ4n) is 1.07. The average molecular weight is 366 g/mol. The monoisotopic (exact) mass is 366 g/mol. The SMILES string of the molecule is C=CCNC(N)=NCCn1cc([N+](=O)[O-])cn1.I. The predicted molar refractivity (Wildman–Crippen MR) is 79.0 cm³/mol. The Balaban J connectivity index is 0.00000289. The van der Waals surface area contributed by atoms with Gasteiger partial charge in [0.2, 0.25) is 0 Å². The fraction of sp³-hybridized carbons (Fsp3) is 0.333. The van der Waals surface area contributed by atoms with Crippen LogP contribution >= 0.6 is 24.0 Å². The van der Waals surface area contributed by atoms with E-state index >= 15 is 0 Å². The van der Waals surface area contributed by atoms with E-state index in [9.17, 15) is 10.1 Å². The summed E-state index contributed by atoms with van der Waals surface area (Å²) in [6.07, 6.45) is 4.21. The van der Waals surface area contributed by atoms with Crippen molar-refractivity contribution in [3.63, 3.8) is 0 Å². The summed E-state index contributed by atoms with van der Waals surface area (Å²) < 4.78 is 1.45. The van der Waals surface area contributed by atoms with Crippen LogP contribution in [0.25, 0.3) is 0 Å². The van der Waals surface area contributed by atoms with Crippen molar-refractivity contribution in [2.45, 2.75) is 6.54 Å². The summed E-state index contributed by atoms with van der Waals surface area (Å²) in [4.78, 5) is 13.9. The molecule has 0 atom stereocenters. The molecule has 1 aromatic heterocycles. The van der Waals surface area contributed by atoms with Gasteiger partial charge in [-0.15, -0.1) is 30.6 Å². The molecule has 0 aliphatic carbocycles. The lowest BCUT2D eigenvalue weighted by Crippen LogP contribution is -2.32. The molecule has 0 bridgehead atoms. The van der Waals surface area contributed by atoms with Crippen LogP contribution in [0.1, 0.15) is 0 Å². The molecule has 0 aromatic carbocycles. The van der Waals surface area contributed by atoms with Gasteiger partial charge in [-0.2, -0.15) is 5.10 Å². The van der Waals surface area contributed by atoms with Gasteiger partial charge in [0.1, 0.15) is 12.4 Å². The first-order chi connectivity index (χ1) is 8.13. The van der Waals surface area contributed by atoms with Gasteiger partial charge in [-0.05, 0) is 0 Å². The second kappa shape index (κ2) is 8.44. The van der Waals surface area contributed by atoms with Crippen molar-refractivity contribution in [1.82, 2.24) is 15.1 Å². The van der Waals surface area contributed by atoms with Crippen molar-refractivity contribution in [2.24, 2.45) is 10.7 Å². The predicted octanol–water partition coefficient (Wildman–Crippen LogP) is 0.500. The molecule has 0 aliphatic heterocycles. The number of hydrogen-bond acceptors (Lipinski definition) is 4. The molecule has 0 amide bonds. The van der Waals surface area contributed by atoms with Crippen molar-refractivity contribution in [2.75, 3.05) is 13.1 Å². The first-order valence-electron chi connectivity index (χ1n) is 4.95. The van der Waals surface area contributed by atoms with E-state index in [1.54, 1.807) is 6.08 Å². The summed E-state index contributed by atoms with van der Waals surface area (Å²) in [6.45, 7) is 4.91. The van der Waals surface area contributed by atoms with Crippen molar-refractivity contribution in [3.8, 4) is 0 Å². The number of halogens is 1. The molecule has 0 fully saturated rings. The highest BCUT2D eigenvalue weighted by atomic mass is 127. The van der Waals surface area contributed by atoms with E-state index in [-0.39, 0.29) is 29.7 Å². The average Bonchev–Trinajstić information content (AvgIpc) is 2.75. The third-order valence-electron chi connectivity index (χ3n) is 1.87. The minimum atomic E-state index is -0.493. The Morgan fingerprint density at radius 2 is 2.50 bits per heavy atom. The topological polar surface area (TPSA) is 111 Å². The highest BCUT2D eigenvalue weighted by molar-refractivity contribution is 14.0. The van der Waals surface area contributed by atoms with E-state index in [1.807, 2.05) is 0 Å². The largest absolute Gasteiger partial charge is 0.370 e. The van der Waals surface area contributed by atoms with Gasteiger partial charge in [-0.1, -0.05) is 6.08 Å². The Kier molecular flexibility index (Phi) is 7.67. The van der Waals surface area contributed by atoms with E-state index in [1.165, 1.54) is 17.1 Å². The lowest BCUT2D eigenvalue weighted by molar-refractivity contribution is -0.385. The van der Waals surface area contributed by atoms with Gasteiger partial charge < -0.3 is 11.1 Å². The van der Waals surface area contributed by atoms with E-state index in [0.29, 0.717) is 25.6 Å². The van der Waals surface area contributed by atoms with Gasteiger partial charge in [-0.3, -0.25) is 19.8 Å². The molecule has 1 rings (SSSR count). The number of guanidine groups is 1. The zero-order valence-electron chi connectivity index (χ0n) is 9.65. The highest BCUT2D eigenvalue weighted by Gasteiger charge is 2.07. The zero-order chi connectivity index (χ0) is 12.7. The van der Waals surface area contributed by atoms with Crippen LogP contribution in [0.15, 0.2) is 30.0 Å². The summed E-state index contributed by atoms with van der Waals surface area (Å²) in [5, 5.41) is 17.0. The van der Waals surface area contributed by atoms with Crippen LogP contribution in [0, 0.1) is 10.1 Å². The lowest BCUT2D eigenvalue weighted by Gasteiger charge is -2.01. The number of nitro groups is 1. The molecular weight excluding hydrogens is 351 g/mol. The van der Waals surface area contributed by atoms with Crippen LogP contribution in [0.5, 0.6) is 0 Å². The first kappa shape index (κ1) is 16.4. The molecule has 0 radical (unpaired) electrons. The molecule has 100 valence electrons. The van der Waals surface area contributed by atoms with E-state index in [4.69, 9.17) is 5.73 Å². The standard InChI is InChI=1S/C9H14N6O2.HI/c1-2-3-11-9(10)12-4-5-14-7-8(6-13-14)15(16)17;/h2,6-7H,1,3-5H2,(H3,10,11,12);1H. The van der Waals surface area contributed by atoms with Crippen molar-refractivity contribution >= 4 is 35.6 Å². The fourth-order valence-corrected chi connectivity index (χ4v) is 1.07. The van der Waals surface area contributed by atoms with Gasteiger partial charge in [0, 0.05) is 6.54 Å². The summed E-state index contributed by atoms with van der Waals surface area (Å²) in [5.41, 5.74) is 5.50. The smallest absolute Gasteiger partial charge is 0.306 e. The molecule has 9 heteroatoms. The minimum Gasteiger partial charge on any atom is -0.370 e. The quantitative estimate of drug-likeness (QED) is 0.190. The molecule has 3 N–H and O–H groups in total. The number of aromatic nitrogens is 2. The molecule has 0 aliphatic rings. The van der Waals surface area contributed by atoms with Crippen molar-refractivity contribution < 1.29 is 4.92 Å². The van der Waals surface area contributed by atoms with Crippen LogP contribution in [0.4, 0.5) is 5.69 Å². The zero-order valence-corrected chi connectivity index (χ0v) is 12.0. The minimum absolute atomic E-state index is 0. The molecule has 0 unspecified atom stereocenters. The third kappa shape index (κ3) is 5.61. The van der Waals surface area contributed by atoms with Crippen LogP contribution < -0.4 is 11.1 Å². The number of nitrogens with two attached hydrogens (primary N) is 1. The van der Waals surface area contributed by atoms with Gasteiger partial charge in [0.15, 0.2) is 5.96 Å². The lowest BCUT2D eigenvalue weighted by atomic mass is 10.6. The summed E-state index contributed by atoms with van der Waals surface area (Å²) >= 11 is 0. The number of nitrogens with one attached hydrogen (secondary N) is 1. The molecule has 1 aromatic rings. The van der Waals surface area contributed by atoms with Crippen LogP contribution in [0.2, 0.25) is 0 Å². The Hall–Kier alpha value is -1.65. The van der Waals surface area contributed by atoms with Gasteiger partial charge in [0.25, 0.3) is 0 Å². The van der Waals surface area contributed by atoms with Gasteiger partial charge in [-0.25, -0.2) is 0 Å².